The van der Waals surface area contributed by atoms with E-state index in [-0.39, 0.29) is 21.8 Å². The largest absolute Gasteiger partial charge is 0.415 e. The minimum absolute atomic E-state index is 0.0629. The van der Waals surface area contributed by atoms with Crippen molar-refractivity contribution < 1.29 is 24.2 Å². The van der Waals surface area contributed by atoms with Crippen LogP contribution in [0.15, 0.2) is 36.4 Å². The molecule has 0 aliphatic rings. The third-order valence-corrected chi connectivity index (χ3v) is 3.34. The maximum Gasteiger partial charge on any atom is 0.343 e. The van der Waals surface area contributed by atoms with Crippen LogP contribution in [-0.4, -0.2) is 21.6 Å². The molecule has 0 aliphatic heterocycles. The number of Topliss-reactive ketones (excluding diaryl/α,β-unsaturated/α-hetero) is 1. The number of ketones is 1. The van der Waals surface area contributed by atoms with Crippen LogP contribution in [0.4, 0.5) is 11.4 Å². The fourth-order valence-corrected chi connectivity index (χ4v) is 2.17. The average molecular weight is 365 g/mol. The first kappa shape index (κ1) is 18.0. The van der Waals surface area contributed by atoms with Crippen molar-refractivity contribution in [2.75, 3.05) is 0 Å². The van der Waals surface area contributed by atoms with Crippen LogP contribution in [0.5, 0.6) is 5.75 Å². The maximum atomic E-state index is 12.2. The summed E-state index contributed by atoms with van der Waals surface area (Å²) in [5.74, 6) is -2.13. The summed E-state index contributed by atoms with van der Waals surface area (Å²) in [6.45, 7) is 1.14. The van der Waals surface area contributed by atoms with Gasteiger partial charge in [-0.25, -0.2) is 4.79 Å². The van der Waals surface area contributed by atoms with Crippen molar-refractivity contribution in [3.05, 3.63) is 72.8 Å². The standard InChI is InChI=1S/C15H9ClN2O7/c1-8(19)12-6-10(16)7-13(18(23)24)14(12)25-15(20)9-2-4-11(5-3-9)17(21)22/h2-7H,1H3. The number of halogens is 1. The molecular weight excluding hydrogens is 356 g/mol. The molecule has 0 unspecified atom stereocenters. The predicted octanol–water partition coefficient (Wildman–Crippen LogP) is 3.58. The number of carbonyl (C=O) groups excluding carboxylic acids is 2. The van der Waals surface area contributed by atoms with Crippen molar-refractivity contribution in [1.29, 1.82) is 0 Å². The normalized spacial score (nSPS) is 10.2. The molecule has 0 amide bonds. The van der Waals surface area contributed by atoms with E-state index in [1.165, 1.54) is 0 Å². The van der Waals surface area contributed by atoms with Gasteiger partial charge in [0.25, 0.3) is 5.69 Å². The minimum Gasteiger partial charge on any atom is -0.415 e. The molecular formula is C15H9ClN2O7. The second-order valence-electron chi connectivity index (χ2n) is 4.81. The molecule has 0 heterocycles. The van der Waals surface area contributed by atoms with Gasteiger partial charge in [-0.2, -0.15) is 0 Å². The van der Waals surface area contributed by atoms with Crippen molar-refractivity contribution in [2.45, 2.75) is 6.92 Å². The Balaban J connectivity index is 2.44. The van der Waals surface area contributed by atoms with Crippen molar-refractivity contribution in [3.63, 3.8) is 0 Å². The Morgan fingerprint density at radius 1 is 1.04 bits per heavy atom. The number of hydrogen-bond donors (Lipinski definition) is 0. The molecule has 0 N–H and O–H groups in total. The zero-order chi connectivity index (χ0) is 18.7. The smallest absolute Gasteiger partial charge is 0.343 e. The van der Waals surface area contributed by atoms with Gasteiger partial charge in [-0.1, -0.05) is 11.6 Å². The van der Waals surface area contributed by atoms with E-state index in [0.717, 1.165) is 43.3 Å². The number of rotatable bonds is 5. The quantitative estimate of drug-likeness (QED) is 0.260. The molecule has 2 rings (SSSR count). The van der Waals surface area contributed by atoms with Crippen LogP contribution in [0.2, 0.25) is 5.02 Å². The van der Waals surface area contributed by atoms with Gasteiger partial charge in [0.1, 0.15) is 0 Å². The Morgan fingerprint density at radius 2 is 1.64 bits per heavy atom. The summed E-state index contributed by atoms with van der Waals surface area (Å²) in [7, 11) is 0. The van der Waals surface area contributed by atoms with E-state index in [1.807, 2.05) is 0 Å². The summed E-state index contributed by atoms with van der Waals surface area (Å²) in [6.07, 6.45) is 0. The molecule has 128 valence electrons. The number of benzene rings is 2. The second kappa shape index (κ2) is 7.05. The molecule has 0 bridgehead atoms. The zero-order valence-corrected chi connectivity index (χ0v) is 13.4. The minimum atomic E-state index is -1.01. The van der Waals surface area contributed by atoms with Gasteiger partial charge < -0.3 is 4.74 Å². The third kappa shape index (κ3) is 3.96. The SMILES string of the molecule is CC(=O)c1cc(Cl)cc([N+](=O)[O-])c1OC(=O)c1ccc([N+](=O)[O-])cc1. The summed E-state index contributed by atoms with van der Waals surface area (Å²) in [4.78, 5) is 44.1. The topological polar surface area (TPSA) is 130 Å². The van der Waals surface area contributed by atoms with Crippen LogP contribution in [0.3, 0.4) is 0 Å². The van der Waals surface area contributed by atoms with Crippen LogP contribution < -0.4 is 4.74 Å². The van der Waals surface area contributed by atoms with Gasteiger partial charge in [0, 0.05) is 23.2 Å². The first-order valence-corrected chi connectivity index (χ1v) is 7.04. The number of carbonyl (C=O) groups is 2. The van der Waals surface area contributed by atoms with Gasteiger partial charge in [-0.15, -0.1) is 0 Å². The van der Waals surface area contributed by atoms with Gasteiger partial charge in [0.05, 0.1) is 21.0 Å². The number of non-ortho nitro benzene ring substituents is 1. The molecule has 2 aromatic carbocycles. The summed E-state index contributed by atoms with van der Waals surface area (Å²) >= 11 is 5.75. The monoisotopic (exact) mass is 364 g/mol. The summed E-state index contributed by atoms with van der Waals surface area (Å²) < 4.78 is 5.01. The fourth-order valence-electron chi connectivity index (χ4n) is 1.95. The number of ether oxygens (including phenoxy) is 1. The van der Waals surface area contributed by atoms with Crippen LogP contribution >= 0.6 is 11.6 Å². The van der Waals surface area contributed by atoms with Crippen molar-refractivity contribution in [2.24, 2.45) is 0 Å². The molecule has 0 fully saturated rings. The van der Waals surface area contributed by atoms with Crippen molar-refractivity contribution >= 4 is 34.7 Å². The summed E-state index contributed by atoms with van der Waals surface area (Å²) in [5, 5.41) is 21.7. The lowest BCUT2D eigenvalue weighted by molar-refractivity contribution is -0.385. The molecule has 9 nitrogen and oxygen atoms in total. The molecule has 0 aromatic heterocycles. The zero-order valence-electron chi connectivity index (χ0n) is 12.6. The highest BCUT2D eigenvalue weighted by Crippen LogP contribution is 2.35. The van der Waals surface area contributed by atoms with E-state index in [1.54, 1.807) is 0 Å². The third-order valence-electron chi connectivity index (χ3n) is 3.12. The first-order valence-electron chi connectivity index (χ1n) is 6.66. The van der Waals surface area contributed by atoms with Crippen LogP contribution in [0, 0.1) is 20.2 Å². The number of esters is 1. The van der Waals surface area contributed by atoms with E-state index in [0.29, 0.717) is 0 Å². The second-order valence-corrected chi connectivity index (χ2v) is 5.24. The lowest BCUT2D eigenvalue weighted by Gasteiger charge is -2.09. The predicted molar refractivity (Wildman–Crippen MR) is 86.2 cm³/mol. The molecule has 25 heavy (non-hydrogen) atoms. The average Bonchev–Trinajstić information content (AvgIpc) is 2.55. The number of nitro benzene ring substituents is 2. The Hall–Kier alpha value is -3.33. The summed E-state index contributed by atoms with van der Waals surface area (Å²) in [5.41, 5.74) is -1.19. The van der Waals surface area contributed by atoms with Gasteiger partial charge in [0.2, 0.25) is 5.75 Å². The number of hydrogen-bond acceptors (Lipinski definition) is 7. The highest BCUT2D eigenvalue weighted by molar-refractivity contribution is 6.31. The Labute approximate surface area is 145 Å². The van der Waals surface area contributed by atoms with Crippen molar-refractivity contribution in [1.82, 2.24) is 0 Å². The number of nitro groups is 2. The molecule has 0 spiro atoms. The summed E-state index contributed by atoms with van der Waals surface area (Å²) in [6, 6.07) is 6.53. The Kier molecular flexibility index (Phi) is 5.08. The highest BCUT2D eigenvalue weighted by Gasteiger charge is 2.26. The van der Waals surface area contributed by atoms with Crippen LogP contribution in [0.1, 0.15) is 27.6 Å². The molecule has 10 heteroatoms. The Morgan fingerprint density at radius 3 is 2.12 bits per heavy atom. The van der Waals surface area contributed by atoms with Crippen molar-refractivity contribution in [3.8, 4) is 5.75 Å². The van der Waals surface area contributed by atoms with Crippen LogP contribution in [0.25, 0.3) is 0 Å². The molecule has 0 saturated carbocycles. The highest BCUT2D eigenvalue weighted by atomic mass is 35.5. The molecule has 0 radical (unpaired) electrons. The van der Waals surface area contributed by atoms with Gasteiger partial charge in [-0.3, -0.25) is 25.0 Å². The van der Waals surface area contributed by atoms with Gasteiger partial charge in [-0.05, 0) is 25.1 Å². The lowest BCUT2D eigenvalue weighted by Crippen LogP contribution is -2.12. The lowest BCUT2D eigenvalue weighted by atomic mass is 10.1. The molecule has 2 aromatic rings. The molecule has 0 saturated heterocycles. The first-order chi connectivity index (χ1) is 11.7. The van der Waals surface area contributed by atoms with E-state index in [2.05, 4.69) is 0 Å². The molecule has 0 aliphatic carbocycles. The number of nitrogens with zero attached hydrogens (tertiary/aromatic N) is 2. The molecule has 0 atom stereocenters. The van der Waals surface area contributed by atoms with E-state index in [4.69, 9.17) is 16.3 Å². The van der Waals surface area contributed by atoms with Crippen LogP contribution in [-0.2, 0) is 0 Å². The van der Waals surface area contributed by atoms with E-state index >= 15 is 0 Å². The van der Waals surface area contributed by atoms with Gasteiger partial charge >= 0.3 is 11.7 Å². The maximum absolute atomic E-state index is 12.2. The van der Waals surface area contributed by atoms with E-state index in [9.17, 15) is 29.8 Å². The van der Waals surface area contributed by atoms with Gasteiger partial charge in [0.15, 0.2) is 5.78 Å². The fraction of sp³-hybridized carbons (Fsp3) is 0.0667. The Bertz CT molecular complexity index is 858. The van der Waals surface area contributed by atoms with E-state index < -0.39 is 33.0 Å².